The molecule has 3 nitrogen and oxygen atoms in total. The Bertz CT molecular complexity index is 232. The van der Waals surface area contributed by atoms with Crippen LogP contribution in [0.2, 0.25) is 0 Å². The molecule has 0 aromatic carbocycles. The van der Waals surface area contributed by atoms with Crippen molar-refractivity contribution in [2.75, 3.05) is 20.1 Å². The molecule has 86 valence electrons. The van der Waals surface area contributed by atoms with E-state index in [0.717, 1.165) is 6.54 Å². The van der Waals surface area contributed by atoms with Crippen molar-refractivity contribution in [1.82, 2.24) is 10.8 Å². The number of nitrogens with one attached hydrogen (secondary N) is 2. The van der Waals surface area contributed by atoms with E-state index in [1.807, 2.05) is 33.0 Å². The minimum absolute atomic E-state index is 0.229. The molecule has 3 N–H and O–H groups in total. The first-order valence-corrected chi connectivity index (χ1v) is 5.26. The van der Waals surface area contributed by atoms with Crippen molar-refractivity contribution in [3.63, 3.8) is 0 Å². The molecule has 0 fully saturated rings. The van der Waals surface area contributed by atoms with Gasteiger partial charge >= 0.3 is 0 Å². The molecule has 0 aliphatic carbocycles. The normalized spacial score (nSPS) is 15.3. The van der Waals surface area contributed by atoms with Gasteiger partial charge in [0, 0.05) is 19.0 Å². The summed E-state index contributed by atoms with van der Waals surface area (Å²) in [6.07, 6.45) is 10.3. The molecule has 0 aromatic rings. The second-order valence-electron chi connectivity index (χ2n) is 3.30. The third-order valence-electron chi connectivity index (χ3n) is 2.08. The molecule has 0 bridgehead atoms. The van der Waals surface area contributed by atoms with E-state index >= 15 is 0 Å². The number of hydrogen-bond acceptors (Lipinski definition) is 3. The topological polar surface area (TPSA) is 44.3 Å². The molecular weight excluding hydrogens is 188 g/mol. The Hall–Kier alpha value is -0.900. The van der Waals surface area contributed by atoms with E-state index in [1.54, 1.807) is 0 Å². The summed E-state index contributed by atoms with van der Waals surface area (Å²) in [6, 6.07) is 0. The summed E-state index contributed by atoms with van der Waals surface area (Å²) < 4.78 is 0. The number of hydrogen-bond donors (Lipinski definition) is 3. The average Bonchev–Trinajstić information content (AvgIpc) is 2.24. The molecule has 0 aliphatic rings. The minimum Gasteiger partial charge on any atom is -0.317 e. The summed E-state index contributed by atoms with van der Waals surface area (Å²) in [5.41, 5.74) is 3.43. The van der Waals surface area contributed by atoms with Crippen LogP contribution in [0, 0.1) is 5.92 Å². The number of rotatable bonds is 7. The van der Waals surface area contributed by atoms with Crippen LogP contribution in [0.3, 0.4) is 0 Å². The van der Waals surface area contributed by atoms with Gasteiger partial charge in [-0.2, -0.15) is 0 Å². The van der Waals surface area contributed by atoms with Gasteiger partial charge in [0.05, 0.1) is 0 Å². The summed E-state index contributed by atoms with van der Waals surface area (Å²) in [5, 5.41) is 11.7. The maximum Gasteiger partial charge on any atom is 0.0305 e. The highest BCUT2D eigenvalue weighted by Gasteiger charge is 1.98. The smallest absolute Gasteiger partial charge is 0.0305 e. The fraction of sp³-hybridized carbons (Fsp3) is 0.500. The fourth-order valence-corrected chi connectivity index (χ4v) is 1.26. The van der Waals surface area contributed by atoms with Gasteiger partial charge in [-0.1, -0.05) is 30.4 Å². The minimum atomic E-state index is 0.229. The standard InChI is InChI=1S/C12H22N2O/c1-4-6-12(10-14-15)8-7-11(5-2)9-13-3/h4-8,12-15H,9-10H2,1-3H3/b6-4-,8-7+,11-5-/t12-/m0/s1. The highest BCUT2D eigenvalue weighted by Crippen LogP contribution is 2.03. The third kappa shape index (κ3) is 7.08. The number of likely N-dealkylation sites (N-methyl/N-ethyl adjacent to an activating group) is 1. The lowest BCUT2D eigenvalue weighted by Gasteiger charge is -2.06. The van der Waals surface area contributed by atoms with Crippen LogP contribution in [0.15, 0.2) is 36.0 Å². The number of hydroxylamine groups is 1. The molecule has 0 aromatic heterocycles. The Morgan fingerprint density at radius 2 is 2.07 bits per heavy atom. The SMILES string of the molecule is C/C=C\[C@@H](/C=C/C(=C/C)CNC)CNO. The molecule has 0 amide bonds. The van der Waals surface area contributed by atoms with E-state index in [1.165, 1.54) is 5.57 Å². The van der Waals surface area contributed by atoms with Crippen molar-refractivity contribution in [3.05, 3.63) is 36.0 Å². The lowest BCUT2D eigenvalue weighted by molar-refractivity contribution is 0.161. The van der Waals surface area contributed by atoms with Gasteiger partial charge in [-0.15, -0.1) is 0 Å². The molecule has 0 saturated heterocycles. The zero-order valence-electron chi connectivity index (χ0n) is 9.83. The monoisotopic (exact) mass is 210 g/mol. The van der Waals surface area contributed by atoms with Crippen molar-refractivity contribution >= 4 is 0 Å². The van der Waals surface area contributed by atoms with Gasteiger partial charge in [-0.05, 0) is 26.5 Å². The van der Waals surface area contributed by atoms with Crippen molar-refractivity contribution in [1.29, 1.82) is 0 Å². The Labute approximate surface area is 92.5 Å². The first-order chi connectivity index (χ1) is 7.28. The van der Waals surface area contributed by atoms with Crippen molar-refractivity contribution in [2.45, 2.75) is 13.8 Å². The van der Waals surface area contributed by atoms with Crippen LogP contribution < -0.4 is 10.8 Å². The van der Waals surface area contributed by atoms with E-state index in [0.29, 0.717) is 6.54 Å². The van der Waals surface area contributed by atoms with Crippen molar-refractivity contribution < 1.29 is 5.21 Å². The van der Waals surface area contributed by atoms with Gasteiger partial charge in [0.25, 0.3) is 0 Å². The van der Waals surface area contributed by atoms with E-state index in [2.05, 4.69) is 29.0 Å². The van der Waals surface area contributed by atoms with Crippen molar-refractivity contribution in [3.8, 4) is 0 Å². The Balaban J connectivity index is 4.29. The molecule has 0 saturated carbocycles. The average molecular weight is 210 g/mol. The van der Waals surface area contributed by atoms with Crippen LogP contribution >= 0.6 is 0 Å². The van der Waals surface area contributed by atoms with Crippen LogP contribution in [0.1, 0.15) is 13.8 Å². The van der Waals surface area contributed by atoms with Gasteiger partial charge in [0.15, 0.2) is 0 Å². The molecular formula is C12H22N2O. The molecule has 0 rings (SSSR count). The molecule has 0 radical (unpaired) electrons. The molecule has 3 heteroatoms. The van der Waals surface area contributed by atoms with Gasteiger partial charge in [-0.3, -0.25) is 0 Å². The van der Waals surface area contributed by atoms with Gasteiger partial charge in [0.1, 0.15) is 0 Å². The molecule has 1 atom stereocenters. The lowest BCUT2D eigenvalue weighted by Crippen LogP contribution is -2.16. The molecule has 0 heterocycles. The van der Waals surface area contributed by atoms with Crippen LogP contribution in [-0.2, 0) is 0 Å². The summed E-state index contributed by atoms with van der Waals surface area (Å²) in [5.74, 6) is 0.229. The molecule has 0 unspecified atom stereocenters. The van der Waals surface area contributed by atoms with E-state index < -0.39 is 0 Å². The summed E-state index contributed by atoms with van der Waals surface area (Å²) >= 11 is 0. The van der Waals surface area contributed by atoms with Gasteiger partial charge < -0.3 is 10.5 Å². The molecule has 0 spiro atoms. The Morgan fingerprint density at radius 1 is 1.33 bits per heavy atom. The van der Waals surface area contributed by atoms with E-state index in [9.17, 15) is 0 Å². The van der Waals surface area contributed by atoms with Gasteiger partial charge in [0.2, 0.25) is 0 Å². The third-order valence-corrected chi connectivity index (χ3v) is 2.08. The largest absolute Gasteiger partial charge is 0.317 e. The van der Waals surface area contributed by atoms with E-state index in [4.69, 9.17) is 5.21 Å². The maximum absolute atomic E-state index is 8.64. The fourth-order valence-electron chi connectivity index (χ4n) is 1.26. The first kappa shape index (κ1) is 14.1. The van der Waals surface area contributed by atoms with Gasteiger partial charge in [-0.25, -0.2) is 5.48 Å². The predicted octanol–water partition coefficient (Wildman–Crippen LogP) is 1.88. The van der Waals surface area contributed by atoms with Crippen LogP contribution in [0.4, 0.5) is 0 Å². The second-order valence-corrected chi connectivity index (χ2v) is 3.30. The highest BCUT2D eigenvalue weighted by atomic mass is 16.5. The molecule has 0 aliphatic heterocycles. The predicted molar refractivity (Wildman–Crippen MR) is 64.9 cm³/mol. The maximum atomic E-state index is 8.64. The molecule has 15 heavy (non-hydrogen) atoms. The Kier molecular flexibility index (Phi) is 9.07. The highest BCUT2D eigenvalue weighted by molar-refractivity contribution is 5.21. The van der Waals surface area contributed by atoms with Crippen LogP contribution in [-0.4, -0.2) is 25.3 Å². The van der Waals surface area contributed by atoms with E-state index in [-0.39, 0.29) is 5.92 Å². The van der Waals surface area contributed by atoms with Crippen LogP contribution in [0.25, 0.3) is 0 Å². The quantitative estimate of drug-likeness (QED) is 0.341. The zero-order chi connectivity index (χ0) is 11.5. The summed E-state index contributed by atoms with van der Waals surface area (Å²) in [7, 11) is 1.93. The number of allylic oxidation sites excluding steroid dienone is 2. The van der Waals surface area contributed by atoms with Crippen molar-refractivity contribution in [2.24, 2.45) is 5.92 Å². The Morgan fingerprint density at radius 3 is 2.53 bits per heavy atom. The van der Waals surface area contributed by atoms with Crippen LogP contribution in [0.5, 0.6) is 0 Å². The summed E-state index contributed by atoms with van der Waals surface area (Å²) in [6.45, 7) is 5.40. The first-order valence-electron chi connectivity index (χ1n) is 5.26. The zero-order valence-corrected chi connectivity index (χ0v) is 9.83. The summed E-state index contributed by atoms with van der Waals surface area (Å²) in [4.78, 5) is 0. The lowest BCUT2D eigenvalue weighted by atomic mass is 10.1. The second kappa shape index (κ2) is 9.65.